The van der Waals surface area contributed by atoms with Crippen molar-refractivity contribution in [1.29, 1.82) is 0 Å². The van der Waals surface area contributed by atoms with Crippen LogP contribution in [-0.2, 0) is 10.1 Å². The molecule has 0 atom stereocenters. The van der Waals surface area contributed by atoms with Crippen molar-refractivity contribution in [3.63, 3.8) is 0 Å². The molecule has 9 nitrogen and oxygen atoms in total. The van der Waals surface area contributed by atoms with Crippen molar-refractivity contribution in [2.45, 2.75) is 11.8 Å². The van der Waals surface area contributed by atoms with Crippen LogP contribution in [0.25, 0.3) is 10.8 Å². The maximum absolute atomic E-state index is 12.6. The molecule has 3 N–H and O–H groups in total. The van der Waals surface area contributed by atoms with Gasteiger partial charge in [0.15, 0.2) is 0 Å². The summed E-state index contributed by atoms with van der Waals surface area (Å²) >= 11 is 0. The molecule has 0 aromatic heterocycles. The molecule has 0 bridgehead atoms. The second-order valence-corrected chi connectivity index (χ2v) is 7.41. The Balaban J connectivity index is 2.15. The third-order valence-corrected chi connectivity index (χ3v) is 5.02. The topological polar surface area (TPSA) is 147 Å². The van der Waals surface area contributed by atoms with Gasteiger partial charge in [0, 0.05) is 16.8 Å². The van der Waals surface area contributed by atoms with Gasteiger partial charge in [-0.25, -0.2) is 0 Å². The minimum atomic E-state index is -4.55. The van der Waals surface area contributed by atoms with Crippen molar-refractivity contribution in [2.24, 2.45) is 0 Å². The van der Waals surface area contributed by atoms with E-state index in [1.54, 1.807) is 6.92 Å². The van der Waals surface area contributed by atoms with Crippen LogP contribution >= 0.6 is 0 Å². The number of hydrogen-bond donors (Lipinski definition) is 3. The van der Waals surface area contributed by atoms with Crippen LogP contribution in [-0.4, -0.2) is 28.9 Å². The standard InChI is InChI=1S/C18H14N2O7S/c1-10-5-6-13(14(9-10)20(23)24)18(22)19-17-12-3-2-4-16(28(25,26)27)11(12)7-8-15(17)21/h2-9,21H,1H3,(H,19,22)(H,25,26,27). The Morgan fingerprint density at radius 3 is 2.46 bits per heavy atom. The molecule has 3 rings (SSSR count). The summed E-state index contributed by atoms with van der Waals surface area (Å²) in [5.41, 5.74) is -0.175. The van der Waals surface area contributed by atoms with Crippen molar-refractivity contribution in [3.8, 4) is 5.75 Å². The van der Waals surface area contributed by atoms with E-state index in [1.165, 1.54) is 42.5 Å². The number of fused-ring (bicyclic) bond motifs is 1. The minimum Gasteiger partial charge on any atom is -0.506 e. The van der Waals surface area contributed by atoms with E-state index >= 15 is 0 Å². The summed E-state index contributed by atoms with van der Waals surface area (Å²) in [4.78, 5) is 22.8. The number of nitro benzene ring substituents is 1. The Hall–Kier alpha value is -3.50. The third-order valence-electron chi connectivity index (χ3n) is 4.11. The van der Waals surface area contributed by atoms with Gasteiger partial charge in [0.05, 0.1) is 10.6 Å². The van der Waals surface area contributed by atoms with Crippen LogP contribution in [0.3, 0.4) is 0 Å². The zero-order valence-electron chi connectivity index (χ0n) is 14.4. The number of phenolic OH excluding ortho intramolecular Hbond substituents is 1. The lowest BCUT2D eigenvalue weighted by molar-refractivity contribution is -0.385. The first-order valence-electron chi connectivity index (χ1n) is 7.88. The zero-order chi connectivity index (χ0) is 20.6. The quantitative estimate of drug-likeness (QED) is 0.263. The van der Waals surface area contributed by atoms with Gasteiger partial charge in [-0.2, -0.15) is 8.42 Å². The highest BCUT2D eigenvalue weighted by atomic mass is 32.2. The van der Waals surface area contributed by atoms with E-state index in [1.807, 2.05) is 0 Å². The number of nitrogens with one attached hydrogen (secondary N) is 1. The molecule has 0 saturated carbocycles. The van der Waals surface area contributed by atoms with Crippen LogP contribution in [0.2, 0.25) is 0 Å². The van der Waals surface area contributed by atoms with Crippen LogP contribution in [0.5, 0.6) is 5.75 Å². The fraction of sp³-hybridized carbons (Fsp3) is 0.0556. The first kappa shape index (κ1) is 19.3. The van der Waals surface area contributed by atoms with Gasteiger partial charge in [-0.1, -0.05) is 18.2 Å². The monoisotopic (exact) mass is 402 g/mol. The number of nitro groups is 1. The number of benzene rings is 3. The number of aromatic hydroxyl groups is 1. The molecule has 0 aliphatic heterocycles. The normalized spacial score (nSPS) is 11.4. The maximum atomic E-state index is 12.6. The van der Waals surface area contributed by atoms with Gasteiger partial charge in [0.2, 0.25) is 0 Å². The van der Waals surface area contributed by atoms with E-state index in [0.29, 0.717) is 5.56 Å². The van der Waals surface area contributed by atoms with E-state index in [-0.39, 0.29) is 27.8 Å². The number of carbonyl (C=O) groups is 1. The van der Waals surface area contributed by atoms with E-state index in [0.717, 1.165) is 6.07 Å². The molecule has 0 fully saturated rings. The predicted octanol–water partition coefficient (Wildman–Crippen LogP) is 3.26. The highest BCUT2D eigenvalue weighted by Crippen LogP contribution is 2.36. The lowest BCUT2D eigenvalue weighted by Crippen LogP contribution is -2.14. The molecule has 3 aromatic rings. The third kappa shape index (κ3) is 3.50. The summed E-state index contributed by atoms with van der Waals surface area (Å²) in [5.74, 6) is -1.23. The SMILES string of the molecule is Cc1ccc(C(=O)Nc2c(O)ccc3c(S(=O)(=O)O)cccc23)c([N+](=O)[O-])c1. The molecule has 0 unspecified atom stereocenters. The van der Waals surface area contributed by atoms with Gasteiger partial charge < -0.3 is 10.4 Å². The molecule has 28 heavy (non-hydrogen) atoms. The molecule has 0 radical (unpaired) electrons. The van der Waals surface area contributed by atoms with Crippen molar-refractivity contribution >= 4 is 38.2 Å². The van der Waals surface area contributed by atoms with E-state index in [4.69, 9.17) is 0 Å². The molecule has 0 heterocycles. The number of amides is 1. The molecular formula is C18H14N2O7S. The zero-order valence-corrected chi connectivity index (χ0v) is 15.2. The minimum absolute atomic E-state index is 0.0662. The van der Waals surface area contributed by atoms with Crippen LogP contribution in [0.4, 0.5) is 11.4 Å². The summed E-state index contributed by atoms with van der Waals surface area (Å²) < 4.78 is 32.5. The predicted molar refractivity (Wildman–Crippen MR) is 101 cm³/mol. The summed E-state index contributed by atoms with van der Waals surface area (Å²) in [5, 5.41) is 24.0. The summed E-state index contributed by atoms with van der Waals surface area (Å²) in [6.07, 6.45) is 0. The van der Waals surface area contributed by atoms with Crippen LogP contribution in [0.15, 0.2) is 53.4 Å². The van der Waals surface area contributed by atoms with Crippen LogP contribution < -0.4 is 5.32 Å². The smallest absolute Gasteiger partial charge is 0.295 e. The number of rotatable bonds is 4. The fourth-order valence-corrected chi connectivity index (χ4v) is 3.55. The number of carbonyl (C=O) groups excluding carboxylic acids is 1. The molecule has 1 amide bonds. The Labute approximate surface area is 159 Å². The average Bonchev–Trinajstić information content (AvgIpc) is 2.62. The summed E-state index contributed by atoms with van der Waals surface area (Å²) in [6, 6.07) is 10.4. The molecule has 0 aliphatic carbocycles. The Bertz CT molecular complexity index is 1240. The van der Waals surface area contributed by atoms with Gasteiger partial charge >= 0.3 is 0 Å². The summed E-state index contributed by atoms with van der Waals surface area (Å²) in [7, 11) is -4.55. The lowest BCUT2D eigenvalue weighted by atomic mass is 10.1. The number of anilines is 1. The van der Waals surface area contributed by atoms with Gasteiger partial charge in [-0.15, -0.1) is 0 Å². The number of phenols is 1. The molecular weight excluding hydrogens is 388 g/mol. The maximum Gasteiger partial charge on any atom is 0.295 e. The number of aryl methyl sites for hydroxylation is 1. The van der Waals surface area contributed by atoms with Gasteiger partial charge in [0.1, 0.15) is 16.2 Å². The molecule has 144 valence electrons. The Kier molecular flexibility index (Phi) is 4.75. The largest absolute Gasteiger partial charge is 0.506 e. The van der Waals surface area contributed by atoms with Crippen LogP contribution in [0.1, 0.15) is 15.9 Å². The van der Waals surface area contributed by atoms with Crippen molar-refractivity contribution in [3.05, 3.63) is 69.8 Å². The molecule has 3 aromatic carbocycles. The summed E-state index contributed by atoms with van der Waals surface area (Å²) in [6.45, 7) is 1.64. The van der Waals surface area contributed by atoms with E-state index < -0.39 is 31.5 Å². The molecule has 0 saturated heterocycles. The van der Waals surface area contributed by atoms with E-state index in [9.17, 15) is 33.0 Å². The highest BCUT2D eigenvalue weighted by molar-refractivity contribution is 7.86. The van der Waals surface area contributed by atoms with Crippen molar-refractivity contribution < 1.29 is 27.8 Å². The van der Waals surface area contributed by atoms with Crippen molar-refractivity contribution in [1.82, 2.24) is 0 Å². The lowest BCUT2D eigenvalue weighted by Gasteiger charge is -2.13. The number of hydrogen-bond acceptors (Lipinski definition) is 6. The first-order chi connectivity index (χ1) is 13.1. The second-order valence-electron chi connectivity index (χ2n) is 6.02. The van der Waals surface area contributed by atoms with Crippen molar-refractivity contribution in [2.75, 3.05) is 5.32 Å². The molecule has 0 spiro atoms. The second kappa shape index (κ2) is 6.91. The first-order valence-corrected chi connectivity index (χ1v) is 9.32. The number of nitrogens with zero attached hydrogens (tertiary/aromatic N) is 1. The van der Waals surface area contributed by atoms with E-state index in [2.05, 4.69) is 5.32 Å². The Morgan fingerprint density at radius 2 is 1.82 bits per heavy atom. The van der Waals surface area contributed by atoms with Gasteiger partial charge in [-0.05, 0) is 36.8 Å². The Morgan fingerprint density at radius 1 is 1.11 bits per heavy atom. The fourth-order valence-electron chi connectivity index (χ4n) is 2.84. The highest BCUT2D eigenvalue weighted by Gasteiger charge is 2.23. The molecule has 10 heteroatoms. The van der Waals surface area contributed by atoms with Crippen LogP contribution in [0, 0.1) is 17.0 Å². The average molecular weight is 402 g/mol. The van der Waals surface area contributed by atoms with Gasteiger partial charge in [-0.3, -0.25) is 19.5 Å². The van der Waals surface area contributed by atoms with Gasteiger partial charge in [0.25, 0.3) is 21.7 Å². The molecule has 0 aliphatic rings.